The molecule has 0 amide bonds. The Hall–Kier alpha value is -1.61. The number of hydrogen-bond donors (Lipinski definition) is 1. The van der Waals surface area contributed by atoms with Crippen LogP contribution in [0.3, 0.4) is 0 Å². The Kier molecular flexibility index (Phi) is 7.66. The lowest BCUT2D eigenvalue weighted by Gasteiger charge is -2.13. The second-order valence-electron chi connectivity index (χ2n) is 4.83. The molecule has 0 fully saturated rings. The van der Waals surface area contributed by atoms with Gasteiger partial charge in [0.05, 0.1) is 18.8 Å². The Bertz CT molecular complexity index is 423. The summed E-state index contributed by atoms with van der Waals surface area (Å²) in [7, 11) is 1.35. The van der Waals surface area contributed by atoms with E-state index in [1.165, 1.54) is 7.11 Å². The molecule has 1 unspecified atom stereocenters. The van der Waals surface area contributed by atoms with Crippen LogP contribution >= 0.6 is 0 Å². The zero-order valence-corrected chi connectivity index (χ0v) is 12.3. The lowest BCUT2D eigenvalue weighted by atomic mass is 10.00. The highest BCUT2D eigenvalue weighted by Crippen LogP contribution is 2.14. The average molecular weight is 276 g/mol. The largest absolute Gasteiger partial charge is 0.466 e. The molecule has 1 aromatic rings. The van der Waals surface area contributed by atoms with Gasteiger partial charge >= 0.3 is 5.97 Å². The number of aliphatic hydroxyl groups excluding tert-OH is 1. The predicted octanol–water partition coefficient (Wildman–Crippen LogP) is 3.27. The first-order valence-electron chi connectivity index (χ1n) is 7.19. The van der Waals surface area contributed by atoms with Crippen LogP contribution in [-0.4, -0.2) is 24.3 Å². The van der Waals surface area contributed by atoms with Crippen LogP contribution in [0.4, 0.5) is 0 Å². The average Bonchev–Trinajstić information content (AvgIpc) is 2.49. The van der Waals surface area contributed by atoms with Gasteiger partial charge in [0, 0.05) is 0 Å². The maximum Gasteiger partial charge on any atom is 0.336 e. The van der Waals surface area contributed by atoms with Gasteiger partial charge in [0.15, 0.2) is 0 Å². The number of ether oxygens (including phenoxy) is 1. The van der Waals surface area contributed by atoms with Gasteiger partial charge in [-0.25, -0.2) is 4.79 Å². The van der Waals surface area contributed by atoms with E-state index in [4.69, 9.17) is 4.74 Å². The summed E-state index contributed by atoms with van der Waals surface area (Å²) in [6, 6.07) is 9.95. The summed E-state index contributed by atoms with van der Waals surface area (Å²) in [6.45, 7) is 2.09. The summed E-state index contributed by atoms with van der Waals surface area (Å²) < 4.78 is 4.75. The van der Waals surface area contributed by atoms with Crippen LogP contribution in [0.2, 0.25) is 0 Å². The SMILES string of the molecule is CCCC/C=C(\C(=O)OC)C(O)CCc1ccccc1. The van der Waals surface area contributed by atoms with Crippen molar-refractivity contribution in [2.75, 3.05) is 7.11 Å². The summed E-state index contributed by atoms with van der Waals surface area (Å²) in [4.78, 5) is 11.7. The molecule has 3 nitrogen and oxygen atoms in total. The number of aryl methyl sites for hydroxylation is 1. The molecule has 1 aromatic carbocycles. The summed E-state index contributed by atoms with van der Waals surface area (Å²) in [5.74, 6) is -0.429. The third-order valence-electron chi connectivity index (χ3n) is 3.25. The monoisotopic (exact) mass is 276 g/mol. The molecule has 0 saturated carbocycles. The van der Waals surface area contributed by atoms with Crippen molar-refractivity contribution in [3.63, 3.8) is 0 Å². The van der Waals surface area contributed by atoms with Crippen LogP contribution < -0.4 is 0 Å². The normalized spacial score (nSPS) is 13.1. The van der Waals surface area contributed by atoms with Gasteiger partial charge in [-0.3, -0.25) is 0 Å². The molecular formula is C17H24O3. The highest BCUT2D eigenvalue weighted by molar-refractivity contribution is 5.89. The molecule has 1 atom stereocenters. The Morgan fingerprint density at radius 2 is 2.05 bits per heavy atom. The summed E-state index contributed by atoms with van der Waals surface area (Å²) in [5.41, 5.74) is 1.54. The van der Waals surface area contributed by atoms with Crippen LogP contribution in [0.25, 0.3) is 0 Å². The van der Waals surface area contributed by atoms with Gasteiger partial charge in [-0.1, -0.05) is 56.2 Å². The highest BCUT2D eigenvalue weighted by Gasteiger charge is 2.18. The zero-order chi connectivity index (χ0) is 14.8. The molecule has 0 radical (unpaired) electrons. The van der Waals surface area contributed by atoms with E-state index in [0.717, 1.165) is 31.2 Å². The van der Waals surface area contributed by atoms with Crippen LogP contribution in [0.5, 0.6) is 0 Å². The highest BCUT2D eigenvalue weighted by atomic mass is 16.5. The number of carbonyl (C=O) groups excluding carboxylic acids is 1. The van der Waals surface area contributed by atoms with Gasteiger partial charge in [0.2, 0.25) is 0 Å². The number of carbonyl (C=O) groups is 1. The number of aliphatic hydroxyl groups is 1. The number of methoxy groups -OCH3 is 1. The molecule has 0 heterocycles. The van der Waals surface area contributed by atoms with Crippen molar-refractivity contribution >= 4 is 5.97 Å². The second kappa shape index (κ2) is 9.32. The molecule has 110 valence electrons. The van der Waals surface area contributed by atoms with Gasteiger partial charge in [-0.2, -0.15) is 0 Å². The van der Waals surface area contributed by atoms with Gasteiger partial charge in [0.1, 0.15) is 0 Å². The van der Waals surface area contributed by atoms with E-state index < -0.39 is 12.1 Å². The molecule has 0 aliphatic carbocycles. The number of unbranched alkanes of at least 4 members (excludes halogenated alkanes) is 2. The standard InChI is InChI=1S/C17H24O3/c1-3-4-6-11-15(17(19)20-2)16(18)13-12-14-9-7-5-8-10-14/h5,7-11,16,18H,3-4,6,12-13H2,1-2H3/b15-11-. The van der Waals surface area contributed by atoms with Crippen LogP contribution in [0.15, 0.2) is 42.0 Å². The first kappa shape index (κ1) is 16.4. The lowest BCUT2D eigenvalue weighted by molar-refractivity contribution is -0.137. The molecule has 20 heavy (non-hydrogen) atoms. The van der Waals surface area contributed by atoms with E-state index in [2.05, 4.69) is 6.92 Å². The fourth-order valence-corrected chi connectivity index (χ4v) is 2.04. The van der Waals surface area contributed by atoms with Gasteiger partial charge in [-0.15, -0.1) is 0 Å². The fraction of sp³-hybridized carbons (Fsp3) is 0.471. The maximum atomic E-state index is 11.7. The van der Waals surface area contributed by atoms with Crippen LogP contribution in [0.1, 0.15) is 38.2 Å². The fourth-order valence-electron chi connectivity index (χ4n) is 2.04. The Morgan fingerprint density at radius 3 is 2.65 bits per heavy atom. The summed E-state index contributed by atoms with van der Waals surface area (Å²) in [6.07, 6.45) is 5.17. The quantitative estimate of drug-likeness (QED) is 0.450. The van der Waals surface area contributed by atoms with Crippen molar-refractivity contribution in [1.82, 2.24) is 0 Å². The van der Waals surface area contributed by atoms with E-state index in [-0.39, 0.29) is 0 Å². The van der Waals surface area contributed by atoms with E-state index >= 15 is 0 Å². The molecule has 0 bridgehead atoms. The zero-order valence-electron chi connectivity index (χ0n) is 12.3. The number of hydrogen-bond acceptors (Lipinski definition) is 3. The topological polar surface area (TPSA) is 46.5 Å². The smallest absolute Gasteiger partial charge is 0.336 e. The molecular weight excluding hydrogens is 252 g/mol. The molecule has 0 aliphatic rings. The molecule has 0 saturated heterocycles. The van der Waals surface area contributed by atoms with Crippen molar-refractivity contribution in [2.45, 2.75) is 45.1 Å². The van der Waals surface area contributed by atoms with E-state index in [9.17, 15) is 9.90 Å². The van der Waals surface area contributed by atoms with Gasteiger partial charge in [0.25, 0.3) is 0 Å². The molecule has 0 aromatic heterocycles. The minimum absolute atomic E-state index is 0.386. The number of esters is 1. The minimum Gasteiger partial charge on any atom is -0.466 e. The minimum atomic E-state index is -0.764. The van der Waals surface area contributed by atoms with E-state index in [1.807, 2.05) is 36.4 Å². The van der Waals surface area contributed by atoms with Crippen molar-refractivity contribution < 1.29 is 14.6 Å². The Labute approximate surface area is 121 Å². The third-order valence-corrected chi connectivity index (χ3v) is 3.25. The van der Waals surface area contributed by atoms with Crippen LogP contribution in [-0.2, 0) is 16.0 Å². The van der Waals surface area contributed by atoms with Crippen molar-refractivity contribution in [1.29, 1.82) is 0 Å². The molecule has 0 aliphatic heterocycles. The Morgan fingerprint density at radius 1 is 1.35 bits per heavy atom. The lowest BCUT2D eigenvalue weighted by Crippen LogP contribution is -2.20. The van der Waals surface area contributed by atoms with Gasteiger partial charge < -0.3 is 9.84 Å². The Balaban J connectivity index is 2.61. The predicted molar refractivity (Wildman–Crippen MR) is 80.4 cm³/mol. The number of benzene rings is 1. The number of rotatable bonds is 8. The molecule has 1 N–H and O–H groups in total. The van der Waals surface area contributed by atoms with E-state index in [1.54, 1.807) is 0 Å². The van der Waals surface area contributed by atoms with Crippen molar-refractivity contribution in [3.05, 3.63) is 47.5 Å². The second-order valence-corrected chi connectivity index (χ2v) is 4.83. The summed E-state index contributed by atoms with van der Waals surface area (Å²) >= 11 is 0. The molecule has 0 spiro atoms. The first-order valence-corrected chi connectivity index (χ1v) is 7.19. The van der Waals surface area contributed by atoms with Crippen molar-refractivity contribution in [2.24, 2.45) is 0 Å². The van der Waals surface area contributed by atoms with Crippen molar-refractivity contribution in [3.8, 4) is 0 Å². The van der Waals surface area contributed by atoms with E-state index in [0.29, 0.717) is 12.0 Å². The molecule has 3 heteroatoms. The summed E-state index contributed by atoms with van der Waals surface area (Å²) in [5, 5.41) is 10.2. The maximum absolute atomic E-state index is 11.7. The number of allylic oxidation sites excluding steroid dienone is 1. The first-order chi connectivity index (χ1) is 9.69. The third kappa shape index (κ3) is 5.57. The van der Waals surface area contributed by atoms with Crippen LogP contribution in [0, 0.1) is 0 Å². The van der Waals surface area contributed by atoms with Gasteiger partial charge in [-0.05, 0) is 24.8 Å². The molecule has 1 rings (SSSR count).